The number of nitriles is 1. The molecule has 4 nitrogen and oxygen atoms in total. The summed E-state index contributed by atoms with van der Waals surface area (Å²) in [5, 5.41) is 11.5. The molecular weight excluding hydrogens is 325 g/mol. The minimum Gasteiger partial charge on any atom is -0.399 e. The van der Waals surface area contributed by atoms with E-state index in [2.05, 4.69) is 21.2 Å². The van der Waals surface area contributed by atoms with E-state index in [1.54, 1.807) is 18.2 Å². The fourth-order valence-corrected chi connectivity index (χ4v) is 1.98. The molecule has 0 unspecified atom stereocenters. The Labute approximate surface area is 123 Å². The van der Waals surface area contributed by atoms with E-state index in [1.165, 1.54) is 12.1 Å². The van der Waals surface area contributed by atoms with E-state index < -0.39 is 11.7 Å². The monoisotopic (exact) mass is 333 g/mol. The lowest BCUT2D eigenvalue weighted by atomic mass is 10.1. The van der Waals surface area contributed by atoms with Crippen LogP contribution in [0.3, 0.4) is 0 Å². The lowest BCUT2D eigenvalue weighted by Gasteiger charge is -2.08. The van der Waals surface area contributed by atoms with E-state index in [1.807, 2.05) is 6.07 Å². The number of anilines is 2. The maximum absolute atomic E-state index is 13.7. The zero-order valence-corrected chi connectivity index (χ0v) is 11.7. The van der Waals surface area contributed by atoms with Crippen molar-refractivity contribution >= 4 is 33.2 Å². The molecule has 0 aliphatic heterocycles. The van der Waals surface area contributed by atoms with Crippen LogP contribution in [0.1, 0.15) is 15.9 Å². The molecule has 0 aliphatic rings. The Morgan fingerprint density at radius 1 is 1.30 bits per heavy atom. The third kappa shape index (κ3) is 2.95. The number of hydrogen-bond donors (Lipinski definition) is 2. The maximum atomic E-state index is 13.7. The van der Waals surface area contributed by atoms with Crippen molar-refractivity contribution in [2.75, 3.05) is 11.1 Å². The quantitative estimate of drug-likeness (QED) is 0.827. The molecule has 2 rings (SSSR count). The molecule has 0 atom stereocenters. The fourth-order valence-electron chi connectivity index (χ4n) is 1.62. The van der Waals surface area contributed by atoms with Crippen LogP contribution >= 0.6 is 15.9 Å². The fraction of sp³-hybridized carbons (Fsp3) is 0. The van der Waals surface area contributed by atoms with E-state index in [0.29, 0.717) is 10.2 Å². The number of halogens is 2. The summed E-state index contributed by atoms with van der Waals surface area (Å²) in [4.78, 5) is 12.0. The lowest BCUT2D eigenvalue weighted by molar-refractivity contribution is 0.102. The number of amides is 1. The average Bonchev–Trinajstić information content (AvgIpc) is 2.38. The van der Waals surface area contributed by atoms with Crippen LogP contribution in [0.25, 0.3) is 0 Å². The van der Waals surface area contributed by atoms with Gasteiger partial charge in [0, 0.05) is 10.2 Å². The SMILES string of the molecule is N#Cc1ccc(Br)cc1NC(=O)c1ccc(N)cc1F. The third-order valence-corrected chi connectivity index (χ3v) is 3.08. The van der Waals surface area contributed by atoms with Crippen LogP contribution < -0.4 is 11.1 Å². The van der Waals surface area contributed by atoms with Gasteiger partial charge in [-0.05, 0) is 36.4 Å². The molecule has 0 saturated carbocycles. The summed E-state index contributed by atoms with van der Waals surface area (Å²) < 4.78 is 14.3. The average molecular weight is 334 g/mol. The molecule has 0 saturated heterocycles. The first-order chi connectivity index (χ1) is 9.51. The first-order valence-electron chi connectivity index (χ1n) is 5.57. The Morgan fingerprint density at radius 3 is 2.70 bits per heavy atom. The lowest BCUT2D eigenvalue weighted by Crippen LogP contribution is -2.14. The Bertz CT molecular complexity index is 725. The van der Waals surface area contributed by atoms with Gasteiger partial charge in [0.25, 0.3) is 5.91 Å². The van der Waals surface area contributed by atoms with Crippen molar-refractivity contribution in [1.82, 2.24) is 0 Å². The number of nitrogen functional groups attached to an aromatic ring is 1. The summed E-state index contributed by atoms with van der Waals surface area (Å²) in [6.07, 6.45) is 0. The van der Waals surface area contributed by atoms with Gasteiger partial charge in [-0.2, -0.15) is 5.26 Å². The minimum absolute atomic E-state index is 0.136. The maximum Gasteiger partial charge on any atom is 0.258 e. The number of nitrogens with zero attached hydrogens (tertiary/aromatic N) is 1. The summed E-state index contributed by atoms with van der Waals surface area (Å²) in [7, 11) is 0. The number of carbonyl (C=O) groups excluding carboxylic acids is 1. The van der Waals surface area contributed by atoms with Crippen LogP contribution in [-0.4, -0.2) is 5.91 Å². The van der Waals surface area contributed by atoms with Crippen molar-refractivity contribution in [2.24, 2.45) is 0 Å². The van der Waals surface area contributed by atoms with E-state index in [-0.39, 0.29) is 16.8 Å². The van der Waals surface area contributed by atoms with Crippen molar-refractivity contribution in [2.45, 2.75) is 0 Å². The van der Waals surface area contributed by atoms with Crippen LogP contribution in [-0.2, 0) is 0 Å². The molecule has 100 valence electrons. The highest BCUT2D eigenvalue weighted by Crippen LogP contribution is 2.22. The molecule has 1 amide bonds. The molecule has 2 aromatic rings. The number of nitrogens with two attached hydrogens (primary N) is 1. The van der Waals surface area contributed by atoms with Crippen molar-refractivity contribution in [1.29, 1.82) is 5.26 Å². The van der Waals surface area contributed by atoms with Gasteiger partial charge in [-0.15, -0.1) is 0 Å². The molecule has 0 aliphatic carbocycles. The van der Waals surface area contributed by atoms with Crippen LogP contribution in [0.2, 0.25) is 0 Å². The molecule has 0 radical (unpaired) electrons. The normalized spacial score (nSPS) is 9.85. The molecule has 0 spiro atoms. The van der Waals surface area contributed by atoms with Crippen LogP contribution in [0.5, 0.6) is 0 Å². The summed E-state index contributed by atoms with van der Waals surface area (Å²) in [5.41, 5.74) is 6.12. The number of nitrogens with one attached hydrogen (secondary N) is 1. The third-order valence-electron chi connectivity index (χ3n) is 2.59. The summed E-state index contributed by atoms with van der Waals surface area (Å²) >= 11 is 3.24. The molecule has 0 aromatic heterocycles. The summed E-state index contributed by atoms with van der Waals surface area (Å²) in [5.74, 6) is -1.35. The van der Waals surface area contributed by atoms with Gasteiger partial charge in [-0.3, -0.25) is 4.79 Å². The predicted octanol–water partition coefficient (Wildman–Crippen LogP) is 3.29. The van der Waals surface area contributed by atoms with Gasteiger partial charge in [0.2, 0.25) is 0 Å². The molecular formula is C14H9BrFN3O. The van der Waals surface area contributed by atoms with Crippen LogP contribution in [0.4, 0.5) is 15.8 Å². The standard InChI is InChI=1S/C14H9BrFN3O/c15-9-2-1-8(7-17)13(5-9)19-14(20)11-4-3-10(18)6-12(11)16/h1-6H,18H2,(H,19,20). The second-order valence-electron chi connectivity index (χ2n) is 4.00. The Kier molecular flexibility index (Phi) is 4.01. The molecule has 0 bridgehead atoms. The van der Waals surface area contributed by atoms with Crippen LogP contribution in [0.15, 0.2) is 40.9 Å². The number of benzene rings is 2. The van der Waals surface area contributed by atoms with E-state index in [4.69, 9.17) is 11.0 Å². The largest absolute Gasteiger partial charge is 0.399 e. The highest BCUT2D eigenvalue weighted by molar-refractivity contribution is 9.10. The van der Waals surface area contributed by atoms with Crippen molar-refractivity contribution in [3.63, 3.8) is 0 Å². The second-order valence-corrected chi connectivity index (χ2v) is 4.91. The predicted molar refractivity (Wildman–Crippen MR) is 77.6 cm³/mol. The first kappa shape index (κ1) is 14.0. The van der Waals surface area contributed by atoms with Gasteiger partial charge < -0.3 is 11.1 Å². The number of hydrogen-bond acceptors (Lipinski definition) is 3. The molecule has 3 N–H and O–H groups in total. The van der Waals surface area contributed by atoms with Gasteiger partial charge in [-0.1, -0.05) is 15.9 Å². The molecule has 0 heterocycles. The van der Waals surface area contributed by atoms with Crippen molar-refractivity contribution < 1.29 is 9.18 Å². The second kappa shape index (κ2) is 5.72. The Balaban J connectivity index is 2.33. The van der Waals surface area contributed by atoms with Crippen molar-refractivity contribution in [3.05, 3.63) is 57.8 Å². The van der Waals surface area contributed by atoms with E-state index in [0.717, 1.165) is 6.07 Å². The number of carbonyl (C=O) groups is 1. The zero-order valence-electron chi connectivity index (χ0n) is 10.2. The minimum atomic E-state index is -0.712. The summed E-state index contributed by atoms with van der Waals surface area (Å²) in [6.45, 7) is 0. The van der Waals surface area contributed by atoms with Gasteiger partial charge in [0.1, 0.15) is 11.9 Å². The van der Waals surface area contributed by atoms with Gasteiger partial charge >= 0.3 is 0 Å². The van der Waals surface area contributed by atoms with E-state index in [9.17, 15) is 9.18 Å². The Morgan fingerprint density at radius 2 is 2.05 bits per heavy atom. The van der Waals surface area contributed by atoms with E-state index >= 15 is 0 Å². The Hall–Kier alpha value is -2.39. The highest BCUT2D eigenvalue weighted by Gasteiger charge is 2.14. The molecule has 2 aromatic carbocycles. The molecule has 6 heteroatoms. The van der Waals surface area contributed by atoms with Gasteiger partial charge in [0.15, 0.2) is 0 Å². The van der Waals surface area contributed by atoms with Crippen molar-refractivity contribution in [3.8, 4) is 6.07 Å². The topological polar surface area (TPSA) is 78.9 Å². The van der Waals surface area contributed by atoms with Crippen LogP contribution in [0, 0.1) is 17.1 Å². The van der Waals surface area contributed by atoms with Gasteiger partial charge in [-0.25, -0.2) is 4.39 Å². The number of rotatable bonds is 2. The van der Waals surface area contributed by atoms with Gasteiger partial charge in [0.05, 0.1) is 16.8 Å². The first-order valence-corrected chi connectivity index (χ1v) is 6.36. The summed E-state index contributed by atoms with van der Waals surface area (Å²) in [6, 6.07) is 10.6. The smallest absolute Gasteiger partial charge is 0.258 e. The highest BCUT2D eigenvalue weighted by atomic mass is 79.9. The zero-order chi connectivity index (χ0) is 14.7. The molecule has 0 fully saturated rings. The molecule has 20 heavy (non-hydrogen) atoms.